The van der Waals surface area contributed by atoms with Crippen LogP contribution in [0.5, 0.6) is 11.5 Å². The van der Waals surface area contributed by atoms with Crippen LogP contribution < -0.4 is 14.8 Å². The fraction of sp³-hybridized carbons (Fsp3) is 0.136. The number of carbonyl (C=O) groups excluding carboxylic acids is 1. The predicted octanol–water partition coefficient (Wildman–Crippen LogP) is 4.92. The molecule has 1 amide bonds. The van der Waals surface area contributed by atoms with Crippen LogP contribution in [-0.4, -0.2) is 29.8 Å². The van der Waals surface area contributed by atoms with Crippen LogP contribution in [0.25, 0.3) is 11.1 Å². The molecule has 0 radical (unpaired) electrons. The van der Waals surface area contributed by atoms with Gasteiger partial charge in [-0.1, -0.05) is 53.8 Å². The highest BCUT2D eigenvalue weighted by Gasteiger charge is 2.15. The number of hydrogen-bond donors (Lipinski definition) is 1. The summed E-state index contributed by atoms with van der Waals surface area (Å²) in [4.78, 5) is 12.3. The average Bonchev–Trinajstić information content (AvgIpc) is 3.28. The lowest BCUT2D eigenvalue weighted by atomic mass is 10.2. The van der Waals surface area contributed by atoms with E-state index in [1.807, 2.05) is 6.07 Å². The van der Waals surface area contributed by atoms with Gasteiger partial charge in [-0.25, -0.2) is 4.39 Å². The van der Waals surface area contributed by atoms with Crippen molar-refractivity contribution in [2.24, 2.45) is 0 Å². The Bertz CT molecular complexity index is 1100. The van der Waals surface area contributed by atoms with E-state index in [1.54, 1.807) is 43.5 Å². The number of nitrogens with zero attached hydrogens (tertiary/aromatic N) is 2. The lowest BCUT2D eigenvalue weighted by Gasteiger charge is -2.09. The molecule has 0 aliphatic rings. The van der Waals surface area contributed by atoms with Gasteiger partial charge >= 0.3 is 0 Å². The second kappa shape index (κ2) is 10.7. The van der Waals surface area contributed by atoms with E-state index < -0.39 is 0 Å². The molecule has 3 aromatic rings. The fourth-order valence-corrected chi connectivity index (χ4v) is 3.47. The topological polar surface area (TPSA) is 73.3 Å². The van der Waals surface area contributed by atoms with Gasteiger partial charge in [0.1, 0.15) is 12.4 Å². The molecule has 2 aromatic carbocycles. The molecule has 3 rings (SSSR count). The van der Waals surface area contributed by atoms with Crippen molar-refractivity contribution in [3.63, 3.8) is 0 Å². The molecular formula is C22H19ClFN3O3S. The van der Waals surface area contributed by atoms with Crippen LogP contribution in [0.2, 0.25) is 0 Å². The molecule has 160 valence electrons. The lowest BCUT2D eigenvalue weighted by Crippen LogP contribution is -2.22. The summed E-state index contributed by atoms with van der Waals surface area (Å²) in [6, 6.07) is 11.2. The third-order valence-electron chi connectivity index (χ3n) is 4.03. The summed E-state index contributed by atoms with van der Waals surface area (Å²) in [5, 5.41) is 11.5. The first-order valence-corrected chi connectivity index (χ1v) is 10.3. The van der Waals surface area contributed by atoms with Crippen LogP contribution in [0.1, 0.15) is 25.9 Å². The second-order valence-corrected chi connectivity index (χ2v) is 7.61. The number of ether oxygens (including phenoxy) is 2. The Kier molecular flexibility index (Phi) is 7.75. The van der Waals surface area contributed by atoms with Crippen molar-refractivity contribution in [2.75, 3.05) is 13.7 Å². The SMILES string of the molecule is C=CCOc1ccc(/C=C(\Cl)c2nnc(C(=O)NCc3ccc(F)cc3)s2)cc1OC. The molecule has 31 heavy (non-hydrogen) atoms. The van der Waals surface area contributed by atoms with Crippen LogP contribution in [0.15, 0.2) is 55.1 Å². The molecule has 0 spiro atoms. The summed E-state index contributed by atoms with van der Waals surface area (Å²) in [7, 11) is 1.55. The molecule has 1 N–H and O–H groups in total. The molecule has 0 atom stereocenters. The van der Waals surface area contributed by atoms with Crippen molar-refractivity contribution in [1.82, 2.24) is 15.5 Å². The van der Waals surface area contributed by atoms with Crippen LogP contribution in [0.4, 0.5) is 4.39 Å². The summed E-state index contributed by atoms with van der Waals surface area (Å²) < 4.78 is 23.8. The number of aromatic nitrogens is 2. The maximum Gasteiger partial charge on any atom is 0.282 e. The van der Waals surface area contributed by atoms with Crippen LogP contribution in [-0.2, 0) is 6.54 Å². The maximum atomic E-state index is 13.0. The van der Waals surface area contributed by atoms with E-state index in [4.69, 9.17) is 21.1 Å². The second-order valence-electron chi connectivity index (χ2n) is 6.22. The molecule has 0 bridgehead atoms. The minimum atomic E-state index is -0.386. The zero-order chi connectivity index (χ0) is 22.2. The predicted molar refractivity (Wildman–Crippen MR) is 120 cm³/mol. The standard InChI is InChI=1S/C22H19ClFN3O3S/c1-3-10-30-18-9-6-15(12-19(18)29-2)11-17(23)21-26-27-22(31-21)20(28)25-13-14-4-7-16(24)8-5-14/h3-9,11-12H,1,10,13H2,2H3,(H,25,28)/b17-11-. The van der Waals surface area contributed by atoms with Gasteiger partial charge < -0.3 is 14.8 Å². The molecular weight excluding hydrogens is 441 g/mol. The van der Waals surface area contributed by atoms with Gasteiger partial charge in [0, 0.05) is 6.54 Å². The van der Waals surface area contributed by atoms with Gasteiger partial charge in [-0.15, -0.1) is 10.2 Å². The number of nitrogens with one attached hydrogen (secondary N) is 1. The third-order valence-corrected chi connectivity index (χ3v) is 5.38. The first-order valence-electron chi connectivity index (χ1n) is 9.15. The van der Waals surface area contributed by atoms with Crippen LogP contribution in [0, 0.1) is 5.82 Å². The van der Waals surface area contributed by atoms with E-state index in [0.717, 1.165) is 22.5 Å². The van der Waals surface area contributed by atoms with Crippen molar-refractivity contribution in [3.05, 3.63) is 82.1 Å². The quantitative estimate of drug-likeness (QED) is 0.460. The van der Waals surface area contributed by atoms with Crippen molar-refractivity contribution < 1.29 is 18.7 Å². The summed E-state index contributed by atoms with van der Waals surface area (Å²) >= 11 is 7.45. The van der Waals surface area contributed by atoms with Gasteiger partial charge in [0.05, 0.1) is 12.1 Å². The van der Waals surface area contributed by atoms with E-state index in [2.05, 4.69) is 22.1 Å². The molecule has 0 fully saturated rings. The number of rotatable bonds is 9. The number of amides is 1. The van der Waals surface area contributed by atoms with E-state index in [1.165, 1.54) is 12.1 Å². The summed E-state index contributed by atoms with van der Waals surface area (Å²) in [5.74, 6) is 0.426. The van der Waals surface area contributed by atoms with Crippen molar-refractivity contribution in [1.29, 1.82) is 0 Å². The molecule has 0 saturated heterocycles. The zero-order valence-corrected chi connectivity index (χ0v) is 18.2. The molecule has 0 saturated carbocycles. The Morgan fingerprint density at radius 3 is 2.65 bits per heavy atom. The molecule has 1 aromatic heterocycles. The Labute approximate surface area is 188 Å². The van der Waals surface area contributed by atoms with Crippen LogP contribution >= 0.6 is 22.9 Å². The van der Waals surface area contributed by atoms with Crippen molar-refractivity contribution in [3.8, 4) is 11.5 Å². The third kappa shape index (κ3) is 6.13. The minimum Gasteiger partial charge on any atom is -0.493 e. The Hall–Kier alpha value is -3.23. The molecule has 0 unspecified atom stereocenters. The van der Waals surface area contributed by atoms with E-state index in [-0.39, 0.29) is 23.3 Å². The zero-order valence-electron chi connectivity index (χ0n) is 16.6. The van der Waals surface area contributed by atoms with Gasteiger partial charge in [0.15, 0.2) is 16.5 Å². The maximum absolute atomic E-state index is 13.0. The smallest absolute Gasteiger partial charge is 0.282 e. The highest BCUT2D eigenvalue weighted by molar-refractivity contribution is 7.15. The van der Waals surface area contributed by atoms with Gasteiger partial charge in [-0.2, -0.15) is 0 Å². The number of benzene rings is 2. The van der Waals surface area contributed by atoms with E-state index in [0.29, 0.717) is 28.1 Å². The number of methoxy groups -OCH3 is 1. The van der Waals surface area contributed by atoms with Gasteiger partial charge in [-0.05, 0) is 41.5 Å². The first-order chi connectivity index (χ1) is 15.0. The highest BCUT2D eigenvalue weighted by atomic mass is 35.5. The molecule has 6 nitrogen and oxygen atoms in total. The highest BCUT2D eigenvalue weighted by Crippen LogP contribution is 2.31. The van der Waals surface area contributed by atoms with Gasteiger partial charge in [-0.3, -0.25) is 4.79 Å². The molecule has 9 heteroatoms. The summed E-state index contributed by atoms with van der Waals surface area (Å²) in [6.45, 7) is 4.23. The summed E-state index contributed by atoms with van der Waals surface area (Å²) in [5.41, 5.74) is 1.54. The Balaban J connectivity index is 1.68. The minimum absolute atomic E-state index is 0.175. The monoisotopic (exact) mass is 459 g/mol. The van der Waals surface area contributed by atoms with E-state index in [9.17, 15) is 9.18 Å². The average molecular weight is 460 g/mol. The number of hydrogen-bond acceptors (Lipinski definition) is 6. The lowest BCUT2D eigenvalue weighted by molar-refractivity contribution is 0.0950. The Morgan fingerprint density at radius 1 is 1.19 bits per heavy atom. The largest absolute Gasteiger partial charge is 0.493 e. The van der Waals surface area contributed by atoms with Crippen LogP contribution in [0.3, 0.4) is 0 Å². The van der Waals surface area contributed by atoms with Gasteiger partial charge in [0.25, 0.3) is 5.91 Å². The number of halogens is 2. The summed E-state index contributed by atoms with van der Waals surface area (Å²) in [6.07, 6.45) is 3.34. The van der Waals surface area contributed by atoms with Crippen molar-refractivity contribution in [2.45, 2.75) is 6.54 Å². The first kappa shape index (κ1) is 22.5. The molecule has 0 aliphatic carbocycles. The molecule has 1 heterocycles. The molecule has 0 aliphatic heterocycles. The fourth-order valence-electron chi connectivity index (χ4n) is 2.52. The van der Waals surface area contributed by atoms with Gasteiger partial charge in [0.2, 0.25) is 5.01 Å². The normalized spacial score (nSPS) is 11.1. The number of carbonyl (C=O) groups is 1. The Morgan fingerprint density at radius 2 is 1.94 bits per heavy atom. The van der Waals surface area contributed by atoms with E-state index >= 15 is 0 Å². The van der Waals surface area contributed by atoms with Crippen molar-refractivity contribution >= 4 is 40.0 Å².